The molecule has 0 unspecified atom stereocenters. The van der Waals surface area contributed by atoms with Crippen LogP contribution in [0.2, 0.25) is 0 Å². The smallest absolute Gasteiger partial charge is 0.147 e. The summed E-state index contributed by atoms with van der Waals surface area (Å²) < 4.78 is 2.19. The molecule has 0 atom stereocenters. The zero-order chi connectivity index (χ0) is 13.8. The van der Waals surface area contributed by atoms with Gasteiger partial charge in [-0.1, -0.05) is 25.7 Å². The number of fused-ring (bicyclic) bond motifs is 1. The fourth-order valence-electron chi connectivity index (χ4n) is 3.97. The Balaban J connectivity index is 1.67. The summed E-state index contributed by atoms with van der Waals surface area (Å²) in [5.74, 6) is 1.13. The van der Waals surface area contributed by atoms with E-state index in [-0.39, 0.29) is 0 Å². The summed E-state index contributed by atoms with van der Waals surface area (Å²) in [4.78, 5) is 2.59. The number of nitrogens with one attached hydrogen (secondary N) is 1. The quantitative estimate of drug-likeness (QED) is 0.850. The lowest BCUT2D eigenvalue weighted by Crippen LogP contribution is -2.45. The van der Waals surface area contributed by atoms with E-state index >= 15 is 0 Å². The summed E-state index contributed by atoms with van der Waals surface area (Å²) in [7, 11) is 2.10. The van der Waals surface area contributed by atoms with Gasteiger partial charge in [-0.05, 0) is 25.3 Å². The maximum atomic E-state index is 4.24. The third kappa shape index (κ3) is 3.04. The zero-order valence-electron chi connectivity index (χ0n) is 12.6. The molecule has 5 heteroatoms. The summed E-state index contributed by atoms with van der Waals surface area (Å²) >= 11 is 0. The Hall–Kier alpha value is -0.940. The molecular weight excluding hydrogens is 250 g/mol. The molecule has 1 aliphatic carbocycles. The Kier molecular flexibility index (Phi) is 4.36. The summed E-state index contributed by atoms with van der Waals surface area (Å²) in [6.45, 7) is 5.50. The highest BCUT2D eigenvalue weighted by atomic mass is 15.3. The van der Waals surface area contributed by atoms with Crippen LogP contribution in [-0.4, -0.2) is 46.3 Å². The molecule has 0 amide bonds. The predicted octanol–water partition coefficient (Wildman–Crippen LogP) is 1.65. The number of hydrogen-bond donors (Lipinski definition) is 1. The predicted molar refractivity (Wildman–Crippen MR) is 79.4 cm³/mol. The van der Waals surface area contributed by atoms with E-state index in [1.165, 1.54) is 45.1 Å². The summed E-state index contributed by atoms with van der Waals surface area (Å²) in [5.41, 5.74) is 0.466. The Bertz CT molecular complexity index is 420. The Labute approximate surface area is 121 Å². The first kappa shape index (κ1) is 14.0. The SMILES string of the molecule is CNCC1(CN2CCn3cnnc3C2)CCCCCC1. The summed E-state index contributed by atoms with van der Waals surface area (Å²) in [6.07, 6.45) is 10.2. The minimum atomic E-state index is 0.466. The van der Waals surface area contributed by atoms with Crippen molar-refractivity contribution in [3.8, 4) is 0 Å². The summed E-state index contributed by atoms with van der Waals surface area (Å²) in [5, 5.41) is 11.7. The highest BCUT2D eigenvalue weighted by Crippen LogP contribution is 2.36. The van der Waals surface area contributed by atoms with Crippen LogP contribution in [0.15, 0.2) is 6.33 Å². The monoisotopic (exact) mass is 277 g/mol. The largest absolute Gasteiger partial charge is 0.319 e. The van der Waals surface area contributed by atoms with Gasteiger partial charge in [-0.3, -0.25) is 4.90 Å². The number of rotatable bonds is 4. The molecule has 0 saturated heterocycles. The normalized spacial score (nSPS) is 23.2. The highest BCUT2D eigenvalue weighted by molar-refractivity contribution is 4.93. The van der Waals surface area contributed by atoms with Crippen molar-refractivity contribution in [1.29, 1.82) is 0 Å². The molecule has 1 N–H and O–H groups in total. The molecule has 0 aromatic carbocycles. The Morgan fingerprint density at radius 2 is 2.00 bits per heavy atom. The first-order chi connectivity index (χ1) is 9.81. The average molecular weight is 277 g/mol. The van der Waals surface area contributed by atoms with Crippen molar-refractivity contribution in [2.24, 2.45) is 5.41 Å². The van der Waals surface area contributed by atoms with E-state index < -0.39 is 0 Å². The second-order valence-corrected chi connectivity index (χ2v) is 6.60. The number of nitrogens with zero attached hydrogens (tertiary/aromatic N) is 4. The Morgan fingerprint density at radius 1 is 1.20 bits per heavy atom. The minimum absolute atomic E-state index is 0.466. The standard InChI is InChI=1S/C15H27N5/c1-16-11-15(6-4-2-3-5-7-15)12-19-8-9-20-13-17-18-14(20)10-19/h13,16H,2-12H2,1H3. The van der Waals surface area contributed by atoms with Crippen molar-refractivity contribution in [3.05, 3.63) is 12.2 Å². The van der Waals surface area contributed by atoms with Gasteiger partial charge in [0.05, 0.1) is 6.54 Å². The van der Waals surface area contributed by atoms with Gasteiger partial charge in [0, 0.05) is 26.2 Å². The average Bonchev–Trinajstić information content (AvgIpc) is 2.79. The maximum absolute atomic E-state index is 4.24. The maximum Gasteiger partial charge on any atom is 0.147 e. The van der Waals surface area contributed by atoms with Crippen LogP contribution in [0.3, 0.4) is 0 Å². The fourth-order valence-corrected chi connectivity index (χ4v) is 3.97. The molecule has 20 heavy (non-hydrogen) atoms. The van der Waals surface area contributed by atoms with Crippen molar-refractivity contribution in [2.75, 3.05) is 26.7 Å². The lowest BCUT2D eigenvalue weighted by molar-refractivity contribution is 0.106. The molecule has 112 valence electrons. The van der Waals surface area contributed by atoms with Gasteiger partial charge >= 0.3 is 0 Å². The van der Waals surface area contributed by atoms with Gasteiger partial charge < -0.3 is 9.88 Å². The van der Waals surface area contributed by atoms with Crippen LogP contribution < -0.4 is 5.32 Å². The molecule has 1 aromatic heterocycles. The van der Waals surface area contributed by atoms with E-state index in [2.05, 4.69) is 32.0 Å². The van der Waals surface area contributed by atoms with Gasteiger partial charge in [0.1, 0.15) is 12.2 Å². The third-order valence-corrected chi connectivity index (χ3v) is 4.99. The second-order valence-electron chi connectivity index (χ2n) is 6.60. The molecule has 0 spiro atoms. The highest BCUT2D eigenvalue weighted by Gasteiger charge is 2.33. The van der Waals surface area contributed by atoms with Crippen LogP contribution >= 0.6 is 0 Å². The number of aromatic nitrogens is 3. The van der Waals surface area contributed by atoms with Crippen LogP contribution in [-0.2, 0) is 13.1 Å². The second kappa shape index (κ2) is 6.22. The van der Waals surface area contributed by atoms with Crippen LogP contribution in [0.25, 0.3) is 0 Å². The molecule has 5 nitrogen and oxygen atoms in total. The topological polar surface area (TPSA) is 46.0 Å². The lowest BCUT2D eigenvalue weighted by Gasteiger charge is -2.39. The van der Waals surface area contributed by atoms with E-state index in [0.717, 1.165) is 32.0 Å². The molecule has 1 aromatic rings. The summed E-state index contributed by atoms with van der Waals surface area (Å²) in [6, 6.07) is 0. The van der Waals surface area contributed by atoms with E-state index in [0.29, 0.717) is 5.41 Å². The molecular formula is C15H27N5. The van der Waals surface area contributed by atoms with Crippen LogP contribution in [0.4, 0.5) is 0 Å². The number of hydrogen-bond acceptors (Lipinski definition) is 4. The van der Waals surface area contributed by atoms with Gasteiger partial charge in [0.25, 0.3) is 0 Å². The zero-order valence-corrected chi connectivity index (χ0v) is 12.6. The molecule has 2 aliphatic rings. The third-order valence-electron chi connectivity index (χ3n) is 4.99. The van der Waals surface area contributed by atoms with Crippen LogP contribution in [0, 0.1) is 5.41 Å². The first-order valence-corrected chi connectivity index (χ1v) is 8.05. The van der Waals surface area contributed by atoms with Gasteiger partial charge in [-0.15, -0.1) is 10.2 Å². The van der Waals surface area contributed by atoms with Crippen LogP contribution in [0.5, 0.6) is 0 Å². The van der Waals surface area contributed by atoms with Crippen molar-refractivity contribution in [1.82, 2.24) is 25.0 Å². The molecule has 3 rings (SSSR count). The Morgan fingerprint density at radius 3 is 2.75 bits per heavy atom. The van der Waals surface area contributed by atoms with Gasteiger partial charge in [-0.2, -0.15) is 0 Å². The molecule has 0 bridgehead atoms. The molecule has 2 heterocycles. The van der Waals surface area contributed by atoms with Gasteiger partial charge in [0.15, 0.2) is 0 Å². The van der Waals surface area contributed by atoms with Gasteiger partial charge in [0.2, 0.25) is 0 Å². The van der Waals surface area contributed by atoms with E-state index in [4.69, 9.17) is 0 Å². The van der Waals surface area contributed by atoms with Crippen molar-refractivity contribution < 1.29 is 0 Å². The minimum Gasteiger partial charge on any atom is -0.319 e. The van der Waals surface area contributed by atoms with Crippen molar-refractivity contribution >= 4 is 0 Å². The van der Waals surface area contributed by atoms with Gasteiger partial charge in [-0.25, -0.2) is 0 Å². The molecule has 1 fully saturated rings. The van der Waals surface area contributed by atoms with E-state index in [1.807, 2.05) is 6.33 Å². The molecule has 1 saturated carbocycles. The lowest BCUT2D eigenvalue weighted by atomic mass is 9.79. The van der Waals surface area contributed by atoms with Crippen molar-refractivity contribution in [2.45, 2.75) is 51.6 Å². The van der Waals surface area contributed by atoms with Crippen molar-refractivity contribution in [3.63, 3.8) is 0 Å². The molecule has 1 aliphatic heterocycles. The fraction of sp³-hybridized carbons (Fsp3) is 0.867. The van der Waals surface area contributed by atoms with E-state index in [1.54, 1.807) is 0 Å². The first-order valence-electron chi connectivity index (χ1n) is 8.05. The van der Waals surface area contributed by atoms with Crippen LogP contribution in [0.1, 0.15) is 44.3 Å². The van der Waals surface area contributed by atoms with E-state index in [9.17, 15) is 0 Å². The molecule has 0 radical (unpaired) electrons.